The van der Waals surface area contributed by atoms with Crippen molar-refractivity contribution < 1.29 is 80.8 Å². The largest absolute Gasteiger partial charge is 0.493 e. The Labute approximate surface area is 596 Å². The zero-order valence-electron chi connectivity index (χ0n) is 59.4. The van der Waals surface area contributed by atoms with Crippen molar-refractivity contribution in [2.75, 3.05) is 153 Å². The molecule has 2 aliphatic rings. The lowest BCUT2D eigenvalue weighted by atomic mass is 9.91. The van der Waals surface area contributed by atoms with Gasteiger partial charge in [0.2, 0.25) is 17.6 Å². The Kier molecular flexibility index (Phi) is 30.2. The molecule has 26 nitrogen and oxygen atoms in total. The number of hydrogen-bond acceptors (Lipinski definition) is 22. The third-order valence-electron chi connectivity index (χ3n) is 17.6. The molecule has 0 bridgehead atoms. The smallest absolute Gasteiger partial charge is 0.329 e. The number of nitrogens with two attached hydrogens (primary N) is 1. The van der Waals surface area contributed by atoms with Gasteiger partial charge < -0.3 is 82.8 Å². The molecule has 0 aliphatic carbocycles. The van der Waals surface area contributed by atoms with Crippen LogP contribution >= 0.6 is 0 Å². The molecule has 3 amide bonds. The Bertz CT molecular complexity index is 3800. The van der Waals surface area contributed by atoms with E-state index in [0.29, 0.717) is 191 Å². The number of likely N-dealkylation sites (tertiary alicyclic amines) is 2. The van der Waals surface area contributed by atoms with Gasteiger partial charge in [-0.3, -0.25) is 19.3 Å². The first kappa shape index (κ1) is 76.6. The maximum Gasteiger partial charge on any atom is 0.329 e. The number of para-hydroxylation sites is 1. The fraction of sp³-hybridized carbons (Fsp3) is 0.461. The van der Waals surface area contributed by atoms with E-state index in [1.54, 1.807) is 49.5 Å². The lowest BCUT2D eigenvalue weighted by molar-refractivity contribution is -0.162. The quantitative estimate of drug-likeness (QED) is 0.0182. The number of aryl methyl sites for hydroxylation is 1. The number of nitrogens with one attached hydrogen (secondary N) is 2. The molecule has 102 heavy (non-hydrogen) atoms. The highest BCUT2D eigenvalue weighted by Crippen LogP contribution is 2.42. The Morgan fingerprint density at radius 2 is 1.28 bits per heavy atom. The van der Waals surface area contributed by atoms with Crippen LogP contribution < -0.4 is 49.5 Å². The van der Waals surface area contributed by atoms with Crippen molar-refractivity contribution in [3.8, 4) is 57.3 Å². The molecule has 548 valence electrons. The molecule has 0 saturated carbocycles. The van der Waals surface area contributed by atoms with Crippen molar-refractivity contribution in [2.24, 2.45) is 0 Å². The molecule has 2 fully saturated rings. The molecule has 4 heterocycles. The maximum atomic E-state index is 14.6. The highest BCUT2D eigenvalue weighted by molar-refractivity contribution is 5.98. The molecule has 0 radical (unpaired) electrons. The van der Waals surface area contributed by atoms with Crippen LogP contribution in [0.3, 0.4) is 0 Å². The molecule has 7 aromatic rings. The van der Waals surface area contributed by atoms with Crippen molar-refractivity contribution >= 4 is 40.5 Å². The van der Waals surface area contributed by atoms with Crippen LogP contribution in [-0.2, 0) is 54.0 Å². The van der Waals surface area contributed by atoms with Gasteiger partial charge in [-0.05, 0) is 147 Å². The van der Waals surface area contributed by atoms with E-state index >= 15 is 0 Å². The van der Waals surface area contributed by atoms with E-state index in [4.69, 9.17) is 72.4 Å². The number of fused-ring (bicyclic) bond motifs is 1. The monoisotopic (exact) mass is 1410 g/mol. The summed E-state index contributed by atoms with van der Waals surface area (Å²) in [6.45, 7) is 12.1. The van der Waals surface area contributed by atoms with Crippen LogP contribution in [0, 0.1) is 0 Å². The highest BCUT2D eigenvalue weighted by Gasteiger charge is 2.38. The first-order valence-corrected chi connectivity index (χ1v) is 34.7. The second kappa shape index (κ2) is 40.2. The normalized spacial score (nSPS) is 15.2. The third-order valence-corrected chi connectivity index (χ3v) is 17.6. The lowest BCUT2D eigenvalue weighted by Crippen LogP contribution is -2.50. The van der Waals surface area contributed by atoms with Gasteiger partial charge in [0.15, 0.2) is 35.3 Å². The number of carbonyl (C=O) groups excluding carboxylic acids is 4. The topological polar surface area (TPSA) is 288 Å². The number of esters is 1. The molecule has 4 N–H and O–H groups in total. The minimum atomic E-state index is -0.821. The number of nitrogens with zero attached hydrogens (tertiary/aromatic N) is 6. The van der Waals surface area contributed by atoms with Crippen LogP contribution in [0.25, 0.3) is 22.3 Å². The summed E-state index contributed by atoms with van der Waals surface area (Å²) in [6.07, 6.45) is 5.76. The minimum Gasteiger partial charge on any atom is -0.493 e. The summed E-state index contributed by atoms with van der Waals surface area (Å²) >= 11 is 0. The first-order valence-electron chi connectivity index (χ1n) is 34.7. The predicted molar refractivity (Wildman–Crippen MR) is 383 cm³/mol. The van der Waals surface area contributed by atoms with Gasteiger partial charge in [-0.15, -0.1) is 0 Å². The van der Waals surface area contributed by atoms with Crippen molar-refractivity contribution in [3.05, 3.63) is 144 Å². The number of carbonyl (C=O) groups is 4. The van der Waals surface area contributed by atoms with Gasteiger partial charge in [0.1, 0.15) is 47.2 Å². The number of anilines is 1. The number of piperidine rings is 2. The molecule has 2 aromatic heterocycles. The number of methoxy groups -OCH3 is 5. The number of nitrogen functional groups attached to an aromatic ring is 1. The molecule has 0 unspecified atom stereocenters. The average molecular weight is 1410 g/mol. The Morgan fingerprint density at radius 1 is 0.637 bits per heavy atom. The Balaban J connectivity index is 0.612. The van der Waals surface area contributed by atoms with Crippen LogP contribution in [-0.4, -0.2) is 207 Å². The SMILES string of the molecule is C=C(CN1CCC[C@@H](n2nc(-c3ccc(Oc4ccccc4)cc3)c3c(N)ncnc32)C1)C(=O)NCCOCCOCCOCCOCCOCCNC(=O)COc1cccc([C@H](CCc2ccc(OC)c(OC)c2)OC(=O)[C@@H]2CCCCN2C(=O)[C@@H](CC)c2cc(OC)c(OC)c(OC)c2)c1. The van der Waals surface area contributed by atoms with Crippen LogP contribution in [0.15, 0.2) is 128 Å². The second-order valence-electron chi connectivity index (χ2n) is 24.5. The fourth-order valence-electron chi connectivity index (χ4n) is 12.4. The van der Waals surface area contributed by atoms with E-state index in [1.165, 1.54) is 27.7 Å². The predicted octanol–water partition coefficient (Wildman–Crippen LogP) is 9.29. The Morgan fingerprint density at radius 3 is 1.94 bits per heavy atom. The third kappa shape index (κ3) is 21.7. The van der Waals surface area contributed by atoms with E-state index in [1.807, 2.05) is 90.5 Å². The number of amides is 3. The summed E-state index contributed by atoms with van der Waals surface area (Å²) < 4.78 is 76.4. The zero-order chi connectivity index (χ0) is 72.0. The van der Waals surface area contributed by atoms with Crippen LogP contribution in [0.4, 0.5) is 5.82 Å². The molecule has 2 saturated heterocycles. The molecular weight excluding hydrogens is 1310 g/mol. The van der Waals surface area contributed by atoms with Crippen molar-refractivity contribution in [1.82, 2.24) is 40.2 Å². The first-order chi connectivity index (χ1) is 49.8. The summed E-state index contributed by atoms with van der Waals surface area (Å²) in [6, 6.07) is 32.8. The molecule has 2 aliphatic heterocycles. The number of ether oxygens (including phenoxy) is 13. The number of rotatable bonds is 42. The summed E-state index contributed by atoms with van der Waals surface area (Å²) in [7, 11) is 7.73. The van der Waals surface area contributed by atoms with Gasteiger partial charge in [0.05, 0.1) is 119 Å². The number of aromatic nitrogens is 4. The van der Waals surface area contributed by atoms with Crippen molar-refractivity contribution in [2.45, 2.75) is 82.4 Å². The maximum absolute atomic E-state index is 14.6. The summed E-state index contributed by atoms with van der Waals surface area (Å²) in [4.78, 5) is 67.8. The van der Waals surface area contributed by atoms with E-state index in [-0.39, 0.29) is 43.5 Å². The van der Waals surface area contributed by atoms with Gasteiger partial charge in [-0.1, -0.05) is 49.9 Å². The Hall–Kier alpha value is -9.57. The molecule has 0 spiro atoms. The van der Waals surface area contributed by atoms with E-state index in [2.05, 4.69) is 32.1 Å². The molecule has 26 heteroatoms. The summed E-state index contributed by atoms with van der Waals surface area (Å²) in [5, 5.41) is 11.5. The molecule has 9 rings (SSSR count). The zero-order valence-corrected chi connectivity index (χ0v) is 59.4. The van der Waals surface area contributed by atoms with E-state index in [0.717, 1.165) is 49.1 Å². The molecule has 5 aromatic carbocycles. The molecular formula is C76H97N9O17. The molecule has 4 atom stereocenters. The van der Waals surface area contributed by atoms with E-state index < -0.39 is 24.0 Å². The standard InChI is InChI=1S/C76H97N9O17/c1-8-61(56-46-66(92-5)71(94-7)67(47-56)93-6)75(88)84-33-13-12-21-62(84)76(89)102-63(28-22-53-23-29-64(90-3)65(44-53)91-4)55-16-14-20-60(45-55)100-50-68(86)78-30-34-95-36-38-97-40-42-99-43-41-98-39-37-96-35-31-79-74(87)52(2)48-83-32-15-17-57(49-83)85-73-69(72(77)80-51-81-73)70(82-85)54-24-26-59(27-25-54)101-58-18-10-9-11-19-58/h9-11,14,16,18-20,23-27,29,44-47,51,57,61-63H,2,8,12-13,15,17,21-22,28,30-43,48-50H2,1,3-7H3,(H,78,86)(H,79,87)(H2,77,80,81)/t57-,61+,62+,63+/m1/s1. The lowest BCUT2D eigenvalue weighted by Gasteiger charge is -2.37. The number of benzene rings is 5. The van der Waals surface area contributed by atoms with Crippen molar-refractivity contribution in [1.29, 1.82) is 0 Å². The van der Waals surface area contributed by atoms with Crippen molar-refractivity contribution in [3.63, 3.8) is 0 Å². The van der Waals surface area contributed by atoms with Gasteiger partial charge in [0, 0.05) is 43.9 Å². The van der Waals surface area contributed by atoms with E-state index in [9.17, 15) is 19.2 Å². The average Bonchev–Trinajstić information content (AvgIpc) is 1.60. The van der Waals surface area contributed by atoms with Crippen LogP contribution in [0.5, 0.6) is 46.0 Å². The van der Waals surface area contributed by atoms with Crippen LogP contribution in [0.2, 0.25) is 0 Å². The second-order valence-corrected chi connectivity index (χ2v) is 24.5. The van der Waals surface area contributed by atoms with Gasteiger partial charge in [0.25, 0.3) is 5.91 Å². The highest BCUT2D eigenvalue weighted by atomic mass is 16.6. The van der Waals surface area contributed by atoms with Gasteiger partial charge in [-0.25, -0.2) is 19.4 Å². The minimum absolute atomic E-state index is 0.0106. The summed E-state index contributed by atoms with van der Waals surface area (Å²) in [5.74, 6) is 2.78. The van der Waals surface area contributed by atoms with Gasteiger partial charge >= 0.3 is 5.97 Å². The number of hydrogen-bond donors (Lipinski definition) is 3. The van der Waals surface area contributed by atoms with Crippen LogP contribution in [0.1, 0.15) is 86.6 Å². The fourth-order valence-corrected chi connectivity index (χ4v) is 12.4. The van der Waals surface area contributed by atoms with Gasteiger partial charge in [-0.2, -0.15) is 5.10 Å². The summed E-state index contributed by atoms with van der Waals surface area (Å²) in [5.41, 5.74) is 11.4.